The minimum Gasteiger partial charge on any atom is -0.496 e. The van der Waals surface area contributed by atoms with Crippen LogP contribution in [0, 0.1) is 5.92 Å². The molecular weight excluding hydrogens is 520 g/mol. The molecule has 218 valence electrons. The van der Waals surface area contributed by atoms with Gasteiger partial charge >= 0.3 is 11.9 Å². The summed E-state index contributed by atoms with van der Waals surface area (Å²) in [5.41, 5.74) is 4.68. The number of anilines is 1. The van der Waals surface area contributed by atoms with Crippen LogP contribution in [0.2, 0.25) is 0 Å². The molecule has 3 atom stereocenters. The van der Waals surface area contributed by atoms with E-state index in [4.69, 9.17) is 14.2 Å². The van der Waals surface area contributed by atoms with Gasteiger partial charge in [0.1, 0.15) is 11.7 Å². The number of nitrogens with one attached hydrogen (secondary N) is 1. The highest BCUT2D eigenvalue weighted by Gasteiger charge is 2.49. The number of carbonyl (C=O) groups excluding carboxylic acids is 3. The summed E-state index contributed by atoms with van der Waals surface area (Å²) >= 11 is 0. The largest absolute Gasteiger partial charge is 0.496 e. The fraction of sp³-hybridized carbons (Fsp3) is 0.424. The van der Waals surface area contributed by atoms with Gasteiger partial charge in [-0.2, -0.15) is 0 Å². The van der Waals surface area contributed by atoms with Gasteiger partial charge in [0.15, 0.2) is 5.78 Å². The molecule has 0 spiro atoms. The number of carbonyl (C=O) groups is 3. The summed E-state index contributed by atoms with van der Waals surface area (Å²) in [6.45, 7) is 11.6. The molecule has 2 aliphatic rings. The molecule has 41 heavy (non-hydrogen) atoms. The van der Waals surface area contributed by atoms with Crippen molar-refractivity contribution in [1.82, 2.24) is 5.32 Å². The number of rotatable bonds is 10. The van der Waals surface area contributed by atoms with Crippen molar-refractivity contribution in [3.05, 3.63) is 82.2 Å². The Morgan fingerprint density at radius 1 is 0.951 bits per heavy atom. The van der Waals surface area contributed by atoms with Crippen LogP contribution in [0.1, 0.15) is 64.0 Å². The monoisotopic (exact) mass is 560 g/mol. The van der Waals surface area contributed by atoms with Crippen LogP contribution in [0.3, 0.4) is 0 Å². The van der Waals surface area contributed by atoms with Gasteiger partial charge in [-0.1, -0.05) is 30.3 Å². The van der Waals surface area contributed by atoms with E-state index in [2.05, 4.69) is 24.1 Å². The molecule has 1 heterocycles. The lowest BCUT2D eigenvalue weighted by Gasteiger charge is -2.39. The first kappa shape index (κ1) is 29.9. The summed E-state index contributed by atoms with van der Waals surface area (Å²) in [7, 11) is 1.57. The molecule has 1 aliphatic carbocycles. The Morgan fingerprint density at radius 2 is 1.61 bits per heavy atom. The van der Waals surface area contributed by atoms with Crippen LogP contribution in [-0.2, 0) is 23.9 Å². The van der Waals surface area contributed by atoms with Gasteiger partial charge in [0.25, 0.3) is 0 Å². The van der Waals surface area contributed by atoms with Crippen LogP contribution in [0.4, 0.5) is 5.69 Å². The summed E-state index contributed by atoms with van der Waals surface area (Å²) in [5, 5.41) is 3.35. The van der Waals surface area contributed by atoms with Crippen molar-refractivity contribution in [2.75, 3.05) is 38.3 Å². The maximum atomic E-state index is 14.5. The Kier molecular flexibility index (Phi) is 9.53. The highest BCUT2D eigenvalue weighted by Crippen LogP contribution is 2.49. The summed E-state index contributed by atoms with van der Waals surface area (Å²) in [6, 6.07) is 15.4. The van der Waals surface area contributed by atoms with E-state index >= 15 is 0 Å². The molecular formula is C33H40N2O6. The SMILES string of the molecule is CCOC(=O)C1=C(C)NC2=C(C(=O)[C@H](C(=O)OCC)[C@H](c3ccccc3OC)C2)[C@H]1c1ccc(N(CC)CC)cc1. The number of benzene rings is 2. The standard InChI is InChI=1S/C33H40N2O6/c1-7-35(8-2)22-17-15-21(16-18-22)28-27(32(37)40-9-3)20(5)34-25-19-24(23-13-11-12-14-26(23)39-6)29(31(36)30(25)28)33(38)41-10-4/h11-18,24,28-29,34H,7-10,19H2,1-6H3/t24-,28-,29+/m0/s1. The number of methoxy groups -OCH3 is 1. The van der Waals surface area contributed by atoms with Crippen LogP contribution in [0.15, 0.2) is 71.1 Å². The molecule has 0 radical (unpaired) electrons. The van der Waals surface area contributed by atoms with Gasteiger partial charge in [0.05, 0.1) is 25.9 Å². The highest BCUT2D eigenvalue weighted by atomic mass is 16.5. The smallest absolute Gasteiger partial charge is 0.336 e. The Morgan fingerprint density at radius 3 is 2.22 bits per heavy atom. The van der Waals surface area contributed by atoms with Gasteiger partial charge in [-0.25, -0.2) is 4.79 Å². The van der Waals surface area contributed by atoms with Crippen LogP contribution < -0.4 is 15.0 Å². The van der Waals surface area contributed by atoms with E-state index in [0.717, 1.165) is 29.9 Å². The van der Waals surface area contributed by atoms with Crippen molar-refractivity contribution < 1.29 is 28.6 Å². The second-order valence-electron chi connectivity index (χ2n) is 10.1. The molecule has 0 amide bonds. The molecule has 8 heteroatoms. The van der Waals surface area contributed by atoms with Gasteiger partial charge < -0.3 is 24.4 Å². The van der Waals surface area contributed by atoms with Gasteiger partial charge in [-0.3, -0.25) is 9.59 Å². The normalized spacial score (nSPS) is 20.2. The number of Topliss-reactive ketones (excluding diaryl/α,β-unsaturated/α-hetero) is 1. The number of nitrogens with zero attached hydrogens (tertiary/aromatic N) is 1. The van der Waals surface area contributed by atoms with E-state index in [1.165, 1.54) is 0 Å². The van der Waals surface area contributed by atoms with Gasteiger partial charge in [-0.05, 0) is 70.4 Å². The lowest BCUT2D eigenvalue weighted by Crippen LogP contribution is -2.43. The molecule has 1 aliphatic heterocycles. The van der Waals surface area contributed by atoms with Crippen molar-refractivity contribution in [3.8, 4) is 5.75 Å². The van der Waals surface area contributed by atoms with Crippen LogP contribution in [0.5, 0.6) is 5.75 Å². The number of allylic oxidation sites excluding steroid dienone is 3. The number of dihydropyridines is 1. The number of ether oxygens (including phenoxy) is 3. The number of esters is 2. The second-order valence-corrected chi connectivity index (χ2v) is 10.1. The highest BCUT2D eigenvalue weighted by molar-refractivity contribution is 6.13. The fourth-order valence-electron chi connectivity index (χ4n) is 6.08. The van der Waals surface area contributed by atoms with Crippen LogP contribution in [-0.4, -0.2) is 51.1 Å². The molecule has 0 saturated carbocycles. The zero-order valence-electron chi connectivity index (χ0n) is 24.8. The summed E-state index contributed by atoms with van der Waals surface area (Å²) < 4.78 is 16.5. The molecule has 0 bridgehead atoms. The van der Waals surface area contributed by atoms with Crippen molar-refractivity contribution in [2.45, 2.75) is 52.9 Å². The van der Waals surface area contributed by atoms with E-state index in [1.54, 1.807) is 21.0 Å². The van der Waals surface area contributed by atoms with Crippen molar-refractivity contribution in [3.63, 3.8) is 0 Å². The summed E-state index contributed by atoms with van der Waals surface area (Å²) in [4.78, 5) is 43.5. The van der Waals surface area contributed by atoms with Crippen LogP contribution >= 0.6 is 0 Å². The average molecular weight is 561 g/mol. The first-order valence-electron chi connectivity index (χ1n) is 14.4. The Labute approximate surface area is 242 Å². The van der Waals surface area contributed by atoms with Crippen LogP contribution in [0.25, 0.3) is 0 Å². The third kappa shape index (κ3) is 5.73. The first-order chi connectivity index (χ1) is 19.8. The summed E-state index contributed by atoms with van der Waals surface area (Å²) in [5.74, 6) is -3.13. The van der Waals surface area contributed by atoms with Crippen molar-refractivity contribution >= 4 is 23.4 Å². The molecule has 2 aromatic carbocycles. The zero-order chi connectivity index (χ0) is 29.7. The molecule has 0 unspecified atom stereocenters. The van der Waals surface area contributed by atoms with Gasteiger partial charge in [-0.15, -0.1) is 0 Å². The van der Waals surface area contributed by atoms with Crippen molar-refractivity contribution in [2.24, 2.45) is 5.92 Å². The quantitative estimate of drug-likeness (QED) is 0.311. The van der Waals surface area contributed by atoms with E-state index < -0.39 is 29.7 Å². The number of ketones is 1. The van der Waals surface area contributed by atoms with E-state index in [0.29, 0.717) is 34.7 Å². The Balaban J connectivity index is 1.90. The Hall–Kier alpha value is -4.07. The topological polar surface area (TPSA) is 94.2 Å². The molecule has 2 aromatic rings. The van der Waals surface area contributed by atoms with Gasteiger partial charge in [0, 0.05) is 47.6 Å². The fourth-order valence-corrected chi connectivity index (χ4v) is 6.08. The number of hydrogen-bond donors (Lipinski definition) is 1. The minimum absolute atomic E-state index is 0.148. The predicted octanol–water partition coefficient (Wildman–Crippen LogP) is 5.26. The van der Waals surface area contributed by atoms with E-state index in [9.17, 15) is 14.4 Å². The molecule has 0 fully saturated rings. The molecule has 8 nitrogen and oxygen atoms in total. The third-order valence-corrected chi connectivity index (χ3v) is 7.95. The lowest BCUT2D eigenvalue weighted by molar-refractivity contribution is -0.152. The third-order valence-electron chi connectivity index (χ3n) is 7.95. The maximum absolute atomic E-state index is 14.5. The molecule has 1 N–H and O–H groups in total. The average Bonchev–Trinajstić information content (AvgIpc) is 2.97. The lowest BCUT2D eigenvalue weighted by atomic mass is 9.67. The number of hydrogen-bond acceptors (Lipinski definition) is 8. The van der Waals surface area contributed by atoms with E-state index in [-0.39, 0.29) is 19.0 Å². The zero-order valence-corrected chi connectivity index (χ0v) is 24.8. The maximum Gasteiger partial charge on any atom is 0.336 e. The Bertz CT molecular complexity index is 1360. The van der Waals surface area contributed by atoms with Gasteiger partial charge in [0.2, 0.25) is 0 Å². The second kappa shape index (κ2) is 13.1. The predicted molar refractivity (Wildman–Crippen MR) is 158 cm³/mol. The van der Waals surface area contributed by atoms with E-state index in [1.807, 2.05) is 55.5 Å². The molecule has 0 aromatic heterocycles. The first-order valence-corrected chi connectivity index (χ1v) is 14.4. The molecule has 4 rings (SSSR count). The minimum atomic E-state index is -1.09. The number of para-hydroxylation sites is 1. The van der Waals surface area contributed by atoms with Crippen molar-refractivity contribution in [1.29, 1.82) is 0 Å². The summed E-state index contributed by atoms with van der Waals surface area (Å²) in [6.07, 6.45) is 0.367. The molecule has 0 saturated heterocycles.